The van der Waals surface area contributed by atoms with Gasteiger partial charge >= 0.3 is 12.4 Å². The fraction of sp³-hybridized carbons (Fsp3) is 0.258. The molecule has 1 fully saturated rings. The summed E-state index contributed by atoms with van der Waals surface area (Å²) in [6, 6.07) is 18.2. The lowest BCUT2D eigenvalue weighted by molar-refractivity contribution is -0.274. The summed E-state index contributed by atoms with van der Waals surface area (Å²) in [6.45, 7) is 2.33. The predicted molar refractivity (Wildman–Crippen MR) is 150 cm³/mol. The van der Waals surface area contributed by atoms with E-state index < -0.39 is 18.0 Å². The molecule has 0 atom stereocenters. The Hall–Kier alpha value is -4.80. The minimum absolute atomic E-state index is 0.102. The Bertz CT molecular complexity index is 1590. The molecule has 1 saturated carbocycles. The van der Waals surface area contributed by atoms with E-state index in [1.807, 2.05) is 37.3 Å². The molecule has 42 heavy (non-hydrogen) atoms. The van der Waals surface area contributed by atoms with Crippen molar-refractivity contribution in [3.8, 4) is 22.8 Å². The zero-order chi connectivity index (χ0) is 29.9. The maximum atomic E-state index is 13.3. The second-order valence-electron chi connectivity index (χ2n) is 10.2. The lowest BCUT2D eigenvalue weighted by Crippen LogP contribution is -2.31. The molecule has 0 aliphatic heterocycles. The molecule has 8 nitrogen and oxygen atoms in total. The van der Waals surface area contributed by atoms with Crippen molar-refractivity contribution >= 4 is 17.6 Å². The molecule has 1 aliphatic carbocycles. The van der Waals surface area contributed by atoms with Gasteiger partial charge in [-0.2, -0.15) is 9.78 Å². The maximum absolute atomic E-state index is 13.3. The zero-order valence-electron chi connectivity index (χ0n) is 22.7. The number of halogens is 3. The number of carbonyl (C=O) groups is 2. The van der Waals surface area contributed by atoms with Crippen LogP contribution in [0.1, 0.15) is 58.8 Å². The first-order valence-corrected chi connectivity index (χ1v) is 13.5. The normalized spacial score (nSPS) is 13.6. The Balaban J connectivity index is 1.33. The summed E-state index contributed by atoms with van der Waals surface area (Å²) in [5.41, 5.74) is 4.01. The number of aromatic nitrogens is 2. The quantitative estimate of drug-likeness (QED) is 0.216. The number of nitrogens with zero attached hydrogens (tertiary/aromatic N) is 2. The SMILES string of the molecule is Cc1ccccc1CNC(=O)n1nc(-c2ccc(NC(=O)c3ccc(OC(F)(F)F)cc3)cc2O)cc1C1CCCC1. The summed E-state index contributed by atoms with van der Waals surface area (Å²) in [5.74, 6) is -1.02. The minimum atomic E-state index is -4.83. The summed E-state index contributed by atoms with van der Waals surface area (Å²) in [6.07, 6.45) is -0.823. The van der Waals surface area contributed by atoms with Crippen molar-refractivity contribution in [2.24, 2.45) is 0 Å². The van der Waals surface area contributed by atoms with Gasteiger partial charge in [0.05, 0.1) is 11.4 Å². The molecule has 0 unspecified atom stereocenters. The van der Waals surface area contributed by atoms with Crippen molar-refractivity contribution in [1.29, 1.82) is 0 Å². The minimum Gasteiger partial charge on any atom is -0.507 e. The summed E-state index contributed by atoms with van der Waals surface area (Å²) < 4.78 is 42.4. The van der Waals surface area contributed by atoms with Crippen molar-refractivity contribution in [2.75, 3.05) is 5.32 Å². The van der Waals surface area contributed by atoms with Crippen LogP contribution in [0.5, 0.6) is 11.5 Å². The van der Waals surface area contributed by atoms with Crippen LogP contribution in [0.25, 0.3) is 11.3 Å². The van der Waals surface area contributed by atoms with Crippen LogP contribution >= 0.6 is 0 Å². The molecule has 0 radical (unpaired) electrons. The van der Waals surface area contributed by atoms with Crippen LogP contribution < -0.4 is 15.4 Å². The van der Waals surface area contributed by atoms with Crippen LogP contribution in [0, 0.1) is 6.92 Å². The second-order valence-corrected chi connectivity index (χ2v) is 10.2. The van der Waals surface area contributed by atoms with Gasteiger partial charge in [0.25, 0.3) is 5.91 Å². The van der Waals surface area contributed by atoms with Crippen LogP contribution in [0.3, 0.4) is 0 Å². The van der Waals surface area contributed by atoms with Crippen molar-refractivity contribution in [2.45, 2.75) is 51.4 Å². The Morgan fingerprint density at radius 3 is 2.40 bits per heavy atom. The van der Waals surface area contributed by atoms with Crippen molar-refractivity contribution < 1.29 is 32.6 Å². The average Bonchev–Trinajstić information content (AvgIpc) is 3.63. The van der Waals surface area contributed by atoms with Crippen LogP contribution in [0.2, 0.25) is 0 Å². The monoisotopic (exact) mass is 578 g/mol. The van der Waals surface area contributed by atoms with Gasteiger partial charge in [-0.05, 0) is 73.4 Å². The molecule has 3 aromatic carbocycles. The first kappa shape index (κ1) is 28.7. The van der Waals surface area contributed by atoms with E-state index in [0.717, 1.165) is 54.6 Å². The van der Waals surface area contributed by atoms with Gasteiger partial charge in [-0.3, -0.25) is 4.79 Å². The molecule has 218 valence electrons. The molecule has 0 spiro atoms. The molecule has 3 N–H and O–H groups in total. The number of alkyl halides is 3. The van der Waals surface area contributed by atoms with Gasteiger partial charge in [0.1, 0.15) is 11.5 Å². The third kappa shape index (κ3) is 6.73. The highest BCUT2D eigenvalue weighted by molar-refractivity contribution is 6.04. The number of benzene rings is 3. The van der Waals surface area contributed by atoms with Crippen molar-refractivity contribution in [1.82, 2.24) is 15.1 Å². The molecular formula is C31H29F3N4O4. The second kappa shape index (κ2) is 12.0. The number of anilines is 1. The van der Waals surface area contributed by atoms with Crippen LogP contribution in [0.15, 0.2) is 72.8 Å². The average molecular weight is 579 g/mol. The van der Waals surface area contributed by atoms with Crippen molar-refractivity contribution in [3.05, 3.63) is 95.2 Å². The van der Waals surface area contributed by atoms with Crippen LogP contribution in [-0.2, 0) is 6.54 Å². The van der Waals surface area contributed by atoms with E-state index in [9.17, 15) is 27.9 Å². The Labute approximate surface area is 240 Å². The Morgan fingerprint density at radius 1 is 1.02 bits per heavy atom. The first-order chi connectivity index (χ1) is 20.1. The standard InChI is InChI=1S/C31H29F3N4O4/c1-19-6-2-3-9-22(19)18-35-30(41)38-27(20-7-4-5-8-20)17-26(37-38)25-15-12-23(16-28(25)39)36-29(40)21-10-13-24(14-11-21)42-31(32,33)34/h2-3,6,9-17,20,39H,4-5,7-8,18H2,1H3,(H,35,41)(H,36,40). The molecule has 0 saturated heterocycles. The Morgan fingerprint density at radius 2 is 1.74 bits per heavy atom. The van der Waals surface area contributed by atoms with E-state index in [0.29, 0.717) is 17.8 Å². The van der Waals surface area contributed by atoms with E-state index in [2.05, 4.69) is 20.5 Å². The van der Waals surface area contributed by atoms with Crippen LogP contribution in [-0.4, -0.2) is 33.2 Å². The van der Waals surface area contributed by atoms with Gasteiger partial charge in [0.2, 0.25) is 0 Å². The lowest BCUT2D eigenvalue weighted by atomic mass is 10.0. The van der Waals surface area contributed by atoms with Crippen molar-refractivity contribution in [3.63, 3.8) is 0 Å². The van der Waals surface area contributed by atoms with E-state index >= 15 is 0 Å². The fourth-order valence-electron chi connectivity index (χ4n) is 5.09. The van der Waals surface area contributed by atoms with Gasteiger partial charge in [0, 0.05) is 35.3 Å². The van der Waals surface area contributed by atoms with Gasteiger partial charge in [0.15, 0.2) is 0 Å². The number of phenols is 1. The number of hydrogen-bond acceptors (Lipinski definition) is 5. The van der Waals surface area contributed by atoms with E-state index in [4.69, 9.17) is 0 Å². The van der Waals surface area contributed by atoms with E-state index in [1.165, 1.54) is 22.9 Å². The van der Waals surface area contributed by atoms with Gasteiger partial charge < -0.3 is 20.5 Å². The Kier molecular flexibility index (Phi) is 8.19. The number of rotatable bonds is 7. The highest BCUT2D eigenvalue weighted by atomic mass is 19.4. The number of amides is 2. The molecule has 2 amide bonds. The van der Waals surface area contributed by atoms with E-state index in [-0.39, 0.29) is 28.9 Å². The lowest BCUT2D eigenvalue weighted by Gasteiger charge is -2.13. The topological polar surface area (TPSA) is 105 Å². The smallest absolute Gasteiger partial charge is 0.507 e. The van der Waals surface area contributed by atoms with Gasteiger partial charge in [-0.25, -0.2) is 4.79 Å². The number of aromatic hydroxyl groups is 1. The number of phenolic OH excluding ortho intramolecular Hbond substituents is 1. The van der Waals surface area contributed by atoms with Gasteiger partial charge in [-0.15, -0.1) is 13.2 Å². The molecule has 5 rings (SSSR count). The summed E-state index contributed by atoms with van der Waals surface area (Å²) >= 11 is 0. The van der Waals surface area contributed by atoms with E-state index in [1.54, 1.807) is 12.1 Å². The predicted octanol–water partition coefficient (Wildman–Crippen LogP) is 7.13. The summed E-state index contributed by atoms with van der Waals surface area (Å²) in [4.78, 5) is 25.9. The molecule has 1 aliphatic rings. The molecular weight excluding hydrogens is 549 g/mol. The number of carbonyl (C=O) groups excluding carboxylic acids is 2. The number of ether oxygens (including phenoxy) is 1. The zero-order valence-corrected chi connectivity index (χ0v) is 22.7. The highest BCUT2D eigenvalue weighted by Gasteiger charge is 2.31. The van der Waals surface area contributed by atoms with Gasteiger partial charge in [-0.1, -0.05) is 37.1 Å². The third-order valence-corrected chi connectivity index (χ3v) is 7.28. The molecule has 0 bridgehead atoms. The summed E-state index contributed by atoms with van der Waals surface area (Å²) in [5, 5.41) is 21.0. The van der Waals surface area contributed by atoms with Crippen LogP contribution in [0.4, 0.5) is 23.7 Å². The summed E-state index contributed by atoms with van der Waals surface area (Å²) in [7, 11) is 0. The number of nitrogens with one attached hydrogen (secondary N) is 2. The number of hydrogen-bond donors (Lipinski definition) is 3. The molecule has 1 heterocycles. The fourth-order valence-corrected chi connectivity index (χ4v) is 5.09. The molecule has 1 aromatic heterocycles. The highest BCUT2D eigenvalue weighted by Crippen LogP contribution is 2.38. The molecule has 11 heteroatoms. The molecule has 4 aromatic rings. The maximum Gasteiger partial charge on any atom is 0.573 e. The third-order valence-electron chi connectivity index (χ3n) is 7.28. The first-order valence-electron chi connectivity index (χ1n) is 13.5. The number of aryl methyl sites for hydroxylation is 1. The largest absolute Gasteiger partial charge is 0.573 e.